The summed E-state index contributed by atoms with van der Waals surface area (Å²) in [7, 11) is -3.98. The van der Waals surface area contributed by atoms with Crippen molar-refractivity contribution in [3.8, 4) is 5.75 Å². The number of sulfonamides is 1. The highest BCUT2D eigenvalue weighted by Gasteiger charge is 2.27. The van der Waals surface area contributed by atoms with Gasteiger partial charge in [0.15, 0.2) is 0 Å². The Morgan fingerprint density at radius 3 is 2.23 bits per heavy atom. The molecule has 0 spiro atoms. The van der Waals surface area contributed by atoms with E-state index in [2.05, 4.69) is 5.32 Å². The molecular formula is C24H26N2O4S. The SMILES string of the molecule is CCOc1ccc(S(=O)(=O)N(CC(=O)Nc2cccc(C)c2)c2ccc(C)cc2)cc1. The molecule has 3 rings (SSSR count). The predicted molar refractivity (Wildman–Crippen MR) is 123 cm³/mol. The number of nitrogens with zero attached hydrogens (tertiary/aromatic N) is 1. The zero-order chi connectivity index (χ0) is 22.4. The molecule has 3 aromatic rings. The summed E-state index contributed by atoms with van der Waals surface area (Å²) in [6.07, 6.45) is 0. The molecule has 0 radical (unpaired) electrons. The van der Waals surface area contributed by atoms with Crippen LogP contribution >= 0.6 is 0 Å². The molecule has 0 atom stereocenters. The van der Waals surface area contributed by atoms with Gasteiger partial charge in [-0.2, -0.15) is 0 Å². The summed E-state index contributed by atoms with van der Waals surface area (Å²) in [6, 6.07) is 20.6. The second-order valence-electron chi connectivity index (χ2n) is 7.17. The molecule has 0 aliphatic heterocycles. The number of aryl methyl sites for hydroxylation is 2. The van der Waals surface area contributed by atoms with Crippen LogP contribution in [0.4, 0.5) is 11.4 Å². The fourth-order valence-electron chi connectivity index (χ4n) is 3.08. The zero-order valence-electron chi connectivity index (χ0n) is 17.8. The van der Waals surface area contributed by atoms with Crippen molar-refractivity contribution >= 4 is 27.3 Å². The lowest BCUT2D eigenvalue weighted by atomic mass is 10.2. The van der Waals surface area contributed by atoms with Gasteiger partial charge in [0.1, 0.15) is 12.3 Å². The van der Waals surface area contributed by atoms with Crippen molar-refractivity contribution in [3.63, 3.8) is 0 Å². The number of nitrogens with one attached hydrogen (secondary N) is 1. The quantitative estimate of drug-likeness (QED) is 0.560. The van der Waals surface area contributed by atoms with E-state index in [0.29, 0.717) is 23.7 Å². The lowest BCUT2D eigenvalue weighted by Gasteiger charge is -2.24. The number of rotatable bonds is 8. The Hall–Kier alpha value is -3.32. The van der Waals surface area contributed by atoms with Gasteiger partial charge in [-0.05, 0) is 74.9 Å². The standard InChI is InChI=1S/C24H26N2O4S/c1-4-30-22-12-14-23(15-13-22)31(28,29)26(21-10-8-18(2)9-11-21)17-24(27)25-20-7-5-6-19(3)16-20/h5-16H,4,17H2,1-3H3,(H,25,27). The summed E-state index contributed by atoms with van der Waals surface area (Å²) in [5, 5.41) is 2.78. The fraction of sp³-hybridized carbons (Fsp3) is 0.208. The average Bonchev–Trinajstić information content (AvgIpc) is 2.73. The summed E-state index contributed by atoms with van der Waals surface area (Å²) >= 11 is 0. The number of hydrogen-bond acceptors (Lipinski definition) is 4. The third-order valence-electron chi connectivity index (χ3n) is 4.63. The first kappa shape index (κ1) is 22.4. The number of carbonyl (C=O) groups excluding carboxylic acids is 1. The van der Waals surface area contributed by atoms with Gasteiger partial charge in [0.25, 0.3) is 10.0 Å². The van der Waals surface area contributed by atoms with Gasteiger partial charge >= 0.3 is 0 Å². The van der Waals surface area contributed by atoms with E-state index in [9.17, 15) is 13.2 Å². The fourth-order valence-corrected chi connectivity index (χ4v) is 4.50. The van der Waals surface area contributed by atoms with Gasteiger partial charge in [-0.1, -0.05) is 29.8 Å². The van der Waals surface area contributed by atoms with Crippen molar-refractivity contribution in [2.75, 3.05) is 22.8 Å². The maximum Gasteiger partial charge on any atom is 0.264 e. The van der Waals surface area contributed by atoms with E-state index in [0.717, 1.165) is 15.4 Å². The van der Waals surface area contributed by atoms with Crippen LogP contribution < -0.4 is 14.4 Å². The van der Waals surface area contributed by atoms with Gasteiger partial charge in [0.05, 0.1) is 17.2 Å². The van der Waals surface area contributed by atoms with E-state index in [1.165, 1.54) is 12.1 Å². The molecule has 31 heavy (non-hydrogen) atoms. The van der Waals surface area contributed by atoms with Gasteiger partial charge in [-0.15, -0.1) is 0 Å². The second-order valence-corrected chi connectivity index (χ2v) is 9.03. The van der Waals surface area contributed by atoms with Crippen molar-refractivity contribution in [2.24, 2.45) is 0 Å². The van der Waals surface area contributed by atoms with E-state index in [4.69, 9.17) is 4.74 Å². The number of amides is 1. The molecule has 162 valence electrons. The maximum absolute atomic E-state index is 13.4. The van der Waals surface area contributed by atoms with E-state index in [1.807, 2.05) is 51.1 Å². The molecule has 6 nitrogen and oxygen atoms in total. The minimum atomic E-state index is -3.98. The third-order valence-corrected chi connectivity index (χ3v) is 6.42. The van der Waals surface area contributed by atoms with Crippen LogP contribution in [0.1, 0.15) is 18.1 Å². The zero-order valence-corrected chi connectivity index (χ0v) is 18.6. The molecule has 3 aromatic carbocycles. The Morgan fingerprint density at radius 2 is 1.61 bits per heavy atom. The third kappa shape index (κ3) is 5.64. The first-order valence-electron chi connectivity index (χ1n) is 9.98. The molecule has 1 amide bonds. The van der Waals surface area contributed by atoms with Crippen LogP contribution in [-0.2, 0) is 14.8 Å². The van der Waals surface area contributed by atoms with Crippen molar-refractivity contribution in [2.45, 2.75) is 25.7 Å². The molecule has 0 aliphatic rings. The van der Waals surface area contributed by atoms with Gasteiger partial charge in [-0.3, -0.25) is 9.10 Å². The molecule has 0 saturated carbocycles. The van der Waals surface area contributed by atoms with E-state index >= 15 is 0 Å². The van der Waals surface area contributed by atoms with Gasteiger partial charge < -0.3 is 10.1 Å². The van der Waals surface area contributed by atoms with E-state index in [1.54, 1.807) is 30.3 Å². The summed E-state index contributed by atoms with van der Waals surface area (Å²) in [4.78, 5) is 12.8. The average molecular weight is 439 g/mol. The number of ether oxygens (including phenoxy) is 1. The van der Waals surface area contributed by atoms with Crippen LogP contribution in [0.5, 0.6) is 5.75 Å². The van der Waals surface area contributed by atoms with Crippen LogP contribution in [0.15, 0.2) is 77.7 Å². The number of benzene rings is 3. The van der Waals surface area contributed by atoms with Crippen molar-refractivity contribution in [1.29, 1.82) is 0 Å². The summed E-state index contributed by atoms with van der Waals surface area (Å²) in [6.45, 7) is 5.83. The highest BCUT2D eigenvalue weighted by molar-refractivity contribution is 7.92. The summed E-state index contributed by atoms with van der Waals surface area (Å²) in [5.41, 5.74) is 3.02. The Balaban J connectivity index is 1.92. The second kappa shape index (κ2) is 9.66. The molecule has 0 aliphatic carbocycles. The van der Waals surface area contributed by atoms with Crippen LogP contribution in [0.3, 0.4) is 0 Å². The van der Waals surface area contributed by atoms with E-state index < -0.39 is 15.9 Å². The Morgan fingerprint density at radius 1 is 0.935 bits per heavy atom. The monoisotopic (exact) mass is 438 g/mol. The maximum atomic E-state index is 13.4. The lowest BCUT2D eigenvalue weighted by molar-refractivity contribution is -0.114. The number of carbonyl (C=O) groups is 1. The summed E-state index contributed by atoms with van der Waals surface area (Å²) < 4.78 is 33.4. The lowest BCUT2D eigenvalue weighted by Crippen LogP contribution is -2.38. The Bertz CT molecular complexity index is 1140. The highest BCUT2D eigenvalue weighted by atomic mass is 32.2. The van der Waals surface area contributed by atoms with Crippen LogP contribution in [0, 0.1) is 13.8 Å². The van der Waals surface area contributed by atoms with Crippen molar-refractivity contribution in [3.05, 3.63) is 83.9 Å². The normalized spacial score (nSPS) is 11.1. The van der Waals surface area contributed by atoms with E-state index in [-0.39, 0.29) is 11.4 Å². The minimum Gasteiger partial charge on any atom is -0.494 e. The molecule has 7 heteroatoms. The smallest absolute Gasteiger partial charge is 0.264 e. The molecule has 0 heterocycles. The van der Waals surface area contributed by atoms with Crippen molar-refractivity contribution in [1.82, 2.24) is 0 Å². The molecular weight excluding hydrogens is 412 g/mol. The number of anilines is 2. The molecule has 0 saturated heterocycles. The number of hydrogen-bond donors (Lipinski definition) is 1. The Labute approximate surface area is 183 Å². The van der Waals surface area contributed by atoms with Crippen LogP contribution in [0.2, 0.25) is 0 Å². The minimum absolute atomic E-state index is 0.0832. The van der Waals surface area contributed by atoms with Gasteiger partial charge in [-0.25, -0.2) is 8.42 Å². The topological polar surface area (TPSA) is 75.7 Å². The largest absolute Gasteiger partial charge is 0.494 e. The van der Waals surface area contributed by atoms with Crippen LogP contribution in [-0.4, -0.2) is 27.5 Å². The first-order chi connectivity index (χ1) is 14.8. The van der Waals surface area contributed by atoms with Crippen molar-refractivity contribution < 1.29 is 17.9 Å². The Kier molecular flexibility index (Phi) is 6.97. The van der Waals surface area contributed by atoms with Gasteiger partial charge in [0, 0.05) is 5.69 Å². The molecule has 0 fully saturated rings. The summed E-state index contributed by atoms with van der Waals surface area (Å²) in [5.74, 6) is 0.154. The first-order valence-corrected chi connectivity index (χ1v) is 11.4. The highest BCUT2D eigenvalue weighted by Crippen LogP contribution is 2.26. The molecule has 1 N–H and O–H groups in total. The van der Waals surface area contributed by atoms with Gasteiger partial charge in [0.2, 0.25) is 5.91 Å². The predicted octanol–water partition coefficient (Wildman–Crippen LogP) is 4.54. The molecule has 0 bridgehead atoms. The van der Waals surface area contributed by atoms with Crippen LogP contribution in [0.25, 0.3) is 0 Å². The molecule has 0 unspecified atom stereocenters. The molecule has 0 aromatic heterocycles.